The molecule has 0 saturated carbocycles. The Morgan fingerprint density at radius 1 is 0.543 bits per heavy atom. The van der Waals surface area contributed by atoms with Gasteiger partial charge in [0.1, 0.15) is 21.2 Å². The second-order valence-corrected chi connectivity index (χ2v) is 12.4. The van der Waals surface area contributed by atoms with Gasteiger partial charge in [0.05, 0.1) is 22.4 Å². The molecule has 0 bridgehead atoms. The van der Waals surface area contributed by atoms with Crippen LogP contribution < -0.4 is 5.73 Å². The largest absolute Gasteiger partial charge is 0.505 e. The van der Waals surface area contributed by atoms with Crippen molar-refractivity contribution in [2.24, 2.45) is 20.5 Å². The number of hydrogen-bond donors (Lipinski definition) is 4. The van der Waals surface area contributed by atoms with Gasteiger partial charge in [-0.3, -0.25) is 9.11 Å². The van der Waals surface area contributed by atoms with E-state index in [-0.39, 0.29) is 70.5 Å². The van der Waals surface area contributed by atoms with Crippen LogP contribution in [-0.2, 0) is 20.2 Å². The van der Waals surface area contributed by atoms with E-state index in [1.54, 1.807) is 42.5 Å². The average Bonchev–Trinajstić information content (AvgIpc) is 2.99. The molecule has 0 aliphatic carbocycles. The van der Waals surface area contributed by atoms with E-state index < -0.39 is 52.2 Å². The summed E-state index contributed by atoms with van der Waals surface area (Å²) in [7, 11) is -10.2. The number of nitrogens with two attached hydrogens (primary N) is 1. The average molecular weight is 674 g/mol. The maximum Gasteiger partial charge on any atom is 0.296 e. The van der Waals surface area contributed by atoms with Crippen LogP contribution in [0.5, 0.6) is 5.75 Å². The van der Waals surface area contributed by atoms with Crippen molar-refractivity contribution in [1.29, 1.82) is 0 Å². The Morgan fingerprint density at radius 3 is 1.52 bits per heavy atom. The molecule has 16 heteroatoms. The summed E-state index contributed by atoms with van der Waals surface area (Å²) in [5, 5.41) is 29.9. The van der Waals surface area contributed by atoms with E-state index >= 15 is 0 Å². The normalized spacial score (nSPS) is 12.1. The molecule has 0 aliphatic heterocycles. The predicted molar refractivity (Wildman–Crippen MR) is 177 cm³/mol. The fourth-order valence-electron chi connectivity index (χ4n) is 4.90. The van der Waals surface area contributed by atoms with Gasteiger partial charge in [-0.25, -0.2) is 0 Å². The van der Waals surface area contributed by atoms with Crippen molar-refractivity contribution in [3.63, 3.8) is 0 Å². The van der Waals surface area contributed by atoms with E-state index in [0.717, 1.165) is 28.3 Å². The minimum atomic E-state index is -5.12. The maximum atomic E-state index is 12.5. The van der Waals surface area contributed by atoms with Crippen LogP contribution >= 0.6 is 0 Å². The second-order valence-electron chi connectivity index (χ2n) is 9.65. The zero-order valence-electron chi connectivity index (χ0n) is 24.4. The van der Waals surface area contributed by atoms with E-state index in [1.165, 1.54) is 0 Å². The number of phenols is 1. The summed E-state index contributed by atoms with van der Waals surface area (Å²) in [4.78, 5) is -1.81. The Kier molecular flexibility index (Phi) is 10.7. The van der Waals surface area contributed by atoms with Gasteiger partial charge in [0.2, 0.25) is 0 Å². The van der Waals surface area contributed by atoms with E-state index in [4.69, 9.17) is 5.73 Å². The van der Waals surface area contributed by atoms with E-state index in [2.05, 4.69) is 20.5 Å². The first-order chi connectivity index (χ1) is 20.9. The molecule has 0 aromatic heterocycles. The summed E-state index contributed by atoms with van der Waals surface area (Å²) in [5.74, 6) is -0.927. The molecule has 5 N–H and O–H groups in total. The van der Waals surface area contributed by atoms with Crippen LogP contribution in [0, 0.1) is 0 Å². The Bertz CT molecular complexity index is 2430. The van der Waals surface area contributed by atoms with Gasteiger partial charge in [-0.1, -0.05) is 72.8 Å². The number of anilines is 1. The van der Waals surface area contributed by atoms with E-state index in [1.807, 2.05) is 42.5 Å². The molecule has 2 radical (unpaired) electrons. The summed E-state index contributed by atoms with van der Waals surface area (Å²) >= 11 is 0. The van der Waals surface area contributed by atoms with Crippen molar-refractivity contribution in [3.8, 4) is 5.75 Å². The molecule has 46 heavy (non-hydrogen) atoms. The number of aromatic hydroxyl groups is 1. The van der Waals surface area contributed by atoms with Gasteiger partial charge in [0.15, 0.2) is 5.75 Å². The number of hydrogen-bond acceptors (Lipinski definition) is 10. The molecule has 6 aromatic rings. The number of benzene rings is 6. The number of fused-ring (bicyclic) bond motifs is 3. The Labute approximate surface area is 307 Å². The third-order valence-electron chi connectivity index (χ3n) is 6.93. The number of nitrogens with zero attached hydrogens (tertiary/aromatic N) is 4. The molecule has 0 heterocycles. The summed E-state index contributed by atoms with van der Waals surface area (Å²) in [6.07, 6.45) is 0. The molecule has 0 amide bonds. The van der Waals surface area contributed by atoms with Gasteiger partial charge < -0.3 is 10.8 Å². The van der Waals surface area contributed by atoms with Gasteiger partial charge >= 0.3 is 0 Å². The van der Waals surface area contributed by atoms with Gasteiger partial charge in [-0.05, 0) is 35.0 Å². The Balaban J connectivity index is 0.00000240. The van der Waals surface area contributed by atoms with Crippen molar-refractivity contribution in [3.05, 3.63) is 97.1 Å². The SMILES string of the molecule is Nc1c(N=Nc2cccc3ccccc23)cc(S(=O)(=O)O)c2cc(S(=O)(=O)O)c(N=Nc3cccc4ccccc34)c(O)c12.[Na].[Na]. The van der Waals surface area contributed by atoms with Crippen LogP contribution in [0.1, 0.15) is 0 Å². The van der Waals surface area contributed by atoms with Crippen molar-refractivity contribution in [1.82, 2.24) is 0 Å². The van der Waals surface area contributed by atoms with Crippen LogP contribution in [0.15, 0.2) is 127 Å². The topological polar surface area (TPSA) is 204 Å². The minimum Gasteiger partial charge on any atom is -0.505 e. The van der Waals surface area contributed by atoms with Gasteiger partial charge in [-0.15, -0.1) is 20.5 Å². The zero-order chi connectivity index (χ0) is 31.2. The van der Waals surface area contributed by atoms with Crippen LogP contribution in [-0.4, -0.2) is 90.2 Å². The molecule has 222 valence electrons. The summed E-state index contributed by atoms with van der Waals surface area (Å²) < 4.78 is 69.8. The summed E-state index contributed by atoms with van der Waals surface area (Å²) in [6.45, 7) is 0. The molecule has 0 aliphatic rings. The van der Waals surface area contributed by atoms with Crippen molar-refractivity contribution < 1.29 is 31.0 Å². The van der Waals surface area contributed by atoms with Crippen LogP contribution in [0.4, 0.5) is 28.4 Å². The third kappa shape index (κ3) is 6.87. The third-order valence-corrected chi connectivity index (χ3v) is 8.69. The van der Waals surface area contributed by atoms with E-state index in [9.17, 15) is 31.0 Å². The van der Waals surface area contributed by atoms with Crippen molar-refractivity contribution in [2.75, 3.05) is 5.73 Å². The standard InChI is InChI=1S/C30H21N5O7S2.2Na/c31-28-24(34-32-22-13-5-9-17-7-1-3-11-19(17)22)16-25(43(37,38)39)21-15-26(44(40,41)42)29(30(36)27(21)28)35-33-23-14-6-10-18-8-2-4-12-20(18)23;;/h1-16,36H,31H2,(H,37,38,39)(H,40,41,42);;. The number of phenolic OH excluding ortho intramolecular Hbond substituents is 1. The van der Waals surface area contributed by atoms with Crippen LogP contribution in [0.2, 0.25) is 0 Å². The van der Waals surface area contributed by atoms with Gasteiger partial charge in [-0.2, -0.15) is 16.8 Å². The molecular weight excluding hydrogens is 652 g/mol. The Morgan fingerprint density at radius 2 is 1.00 bits per heavy atom. The van der Waals surface area contributed by atoms with Crippen molar-refractivity contribution in [2.45, 2.75) is 9.79 Å². The first-order valence-corrected chi connectivity index (χ1v) is 15.7. The molecule has 0 spiro atoms. The molecule has 0 fully saturated rings. The summed E-state index contributed by atoms with van der Waals surface area (Å²) in [5.41, 5.74) is 5.79. The Hall–Kier alpha value is -3.28. The fraction of sp³-hybridized carbons (Fsp3) is 0. The first-order valence-electron chi connectivity index (χ1n) is 12.8. The monoisotopic (exact) mass is 673 g/mol. The molecular formula is C30H21N5Na2O7S2. The fourth-order valence-corrected chi connectivity index (χ4v) is 6.25. The van der Waals surface area contributed by atoms with Gasteiger partial charge in [0.25, 0.3) is 20.2 Å². The second kappa shape index (κ2) is 13.8. The van der Waals surface area contributed by atoms with E-state index in [0.29, 0.717) is 16.8 Å². The number of nitrogen functional groups attached to an aromatic ring is 1. The molecule has 0 saturated heterocycles. The number of rotatable bonds is 6. The molecule has 12 nitrogen and oxygen atoms in total. The molecule has 0 unspecified atom stereocenters. The van der Waals surface area contributed by atoms with Crippen LogP contribution in [0.3, 0.4) is 0 Å². The van der Waals surface area contributed by atoms with Crippen LogP contribution in [0.25, 0.3) is 32.3 Å². The molecule has 0 atom stereocenters. The first kappa shape index (κ1) is 35.6. The smallest absolute Gasteiger partial charge is 0.296 e. The summed E-state index contributed by atoms with van der Waals surface area (Å²) in [6, 6.07) is 26.6. The minimum absolute atomic E-state index is 0. The molecule has 6 aromatic carbocycles. The quantitative estimate of drug-likeness (QED) is 0.0626. The zero-order valence-corrected chi connectivity index (χ0v) is 30.0. The molecule has 6 rings (SSSR count). The van der Waals surface area contributed by atoms with Crippen molar-refractivity contribution >= 4 is 140 Å². The van der Waals surface area contributed by atoms with Gasteiger partial charge in [0, 0.05) is 75.3 Å². The number of azo groups is 2. The maximum absolute atomic E-state index is 12.5. The predicted octanol–water partition coefficient (Wildman–Crippen LogP) is 7.00.